The summed E-state index contributed by atoms with van der Waals surface area (Å²) in [5.74, 6) is 0. The Labute approximate surface area is 117 Å². The van der Waals surface area contributed by atoms with E-state index in [0.717, 1.165) is 34.0 Å². The molecule has 3 nitrogen and oxygen atoms in total. The van der Waals surface area contributed by atoms with Gasteiger partial charge in [0.15, 0.2) is 4.77 Å². The van der Waals surface area contributed by atoms with Crippen LogP contribution in [0.25, 0.3) is 21.9 Å². The lowest BCUT2D eigenvalue weighted by molar-refractivity contribution is 0.508. The minimum absolute atomic E-state index is 0.400. The van der Waals surface area contributed by atoms with Gasteiger partial charge in [0.1, 0.15) is 0 Å². The van der Waals surface area contributed by atoms with Crippen molar-refractivity contribution in [3.63, 3.8) is 0 Å². The largest absolute Gasteiger partial charge is 0.329 e. The Morgan fingerprint density at radius 2 is 2.16 bits per heavy atom. The van der Waals surface area contributed by atoms with Crippen LogP contribution in [0.4, 0.5) is 0 Å². The van der Waals surface area contributed by atoms with Crippen LogP contribution in [0.2, 0.25) is 0 Å². The highest BCUT2D eigenvalue weighted by atomic mass is 32.1. The van der Waals surface area contributed by atoms with Crippen molar-refractivity contribution in [3.8, 4) is 0 Å². The zero-order chi connectivity index (χ0) is 13.4. The Kier molecular flexibility index (Phi) is 3.11. The molecular formula is C15H17N3S. The number of nitrogens with zero attached hydrogens (tertiary/aromatic N) is 2. The van der Waals surface area contributed by atoms with Crippen molar-refractivity contribution < 1.29 is 0 Å². The smallest absolute Gasteiger partial charge is 0.178 e. The van der Waals surface area contributed by atoms with E-state index in [1.165, 1.54) is 5.52 Å². The number of para-hydroxylation sites is 1. The maximum absolute atomic E-state index is 5.49. The summed E-state index contributed by atoms with van der Waals surface area (Å²) in [7, 11) is 0. The number of fused-ring (bicyclic) bond motifs is 3. The van der Waals surface area contributed by atoms with E-state index in [0.29, 0.717) is 6.04 Å². The summed E-state index contributed by atoms with van der Waals surface area (Å²) < 4.78 is 3.02. The van der Waals surface area contributed by atoms with Gasteiger partial charge < -0.3 is 9.55 Å². The maximum Gasteiger partial charge on any atom is 0.178 e. The molecule has 0 saturated carbocycles. The van der Waals surface area contributed by atoms with E-state index in [9.17, 15) is 0 Å². The molecule has 0 radical (unpaired) electrons. The molecule has 1 N–H and O–H groups in total. The third-order valence-electron chi connectivity index (χ3n) is 3.60. The zero-order valence-corrected chi connectivity index (χ0v) is 12.0. The molecule has 0 aliphatic carbocycles. The summed E-state index contributed by atoms with van der Waals surface area (Å²) >= 11 is 5.49. The van der Waals surface area contributed by atoms with E-state index >= 15 is 0 Å². The van der Waals surface area contributed by atoms with Crippen molar-refractivity contribution in [2.75, 3.05) is 0 Å². The maximum atomic E-state index is 5.49. The second kappa shape index (κ2) is 4.78. The molecule has 0 bridgehead atoms. The van der Waals surface area contributed by atoms with Gasteiger partial charge in [0, 0.05) is 11.4 Å². The van der Waals surface area contributed by atoms with Gasteiger partial charge in [-0.15, -0.1) is 0 Å². The Morgan fingerprint density at radius 3 is 2.95 bits per heavy atom. The average Bonchev–Trinajstić information content (AvgIpc) is 2.75. The number of aromatic amines is 1. The van der Waals surface area contributed by atoms with E-state index < -0.39 is 0 Å². The number of benzene rings is 1. The van der Waals surface area contributed by atoms with Gasteiger partial charge in [0.05, 0.1) is 22.7 Å². The number of aromatic nitrogens is 3. The third-order valence-corrected chi connectivity index (χ3v) is 3.89. The van der Waals surface area contributed by atoms with Gasteiger partial charge in [-0.25, -0.2) is 0 Å². The summed E-state index contributed by atoms with van der Waals surface area (Å²) in [5, 5.41) is 1.16. The normalized spacial score (nSPS) is 13.2. The van der Waals surface area contributed by atoms with Crippen molar-refractivity contribution in [2.45, 2.75) is 32.7 Å². The van der Waals surface area contributed by atoms with Crippen molar-refractivity contribution in [3.05, 3.63) is 35.2 Å². The molecule has 3 rings (SSSR count). The molecule has 2 aromatic heterocycles. The fourth-order valence-electron chi connectivity index (χ4n) is 2.72. The molecule has 3 aromatic rings. The molecule has 0 fully saturated rings. The van der Waals surface area contributed by atoms with E-state index in [4.69, 9.17) is 12.2 Å². The predicted molar refractivity (Wildman–Crippen MR) is 82.0 cm³/mol. The van der Waals surface area contributed by atoms with Crippen LogP contribution in [0, 0.1) is 4.77 Å². The van der Waals surface area contributed by atoms with Crippen LogP contribution in [0.5, 0.6) is 0 Å². The lowest BCUT2D eigenvalue weighted by Crippen LogP contribution is -2.05. The van der Waals surface area contributed by atoms with E-state index in [1.54, 1.807) is 0 Å². The Hall–Kier alpha value is -1.68. The molecule has 1 atom stereocenters. The fraction of sp³-hybridized carbons (Fsp3) is 0.333. The van der Waals surface area contributed by atoms with Crippen molar-refractivity contribution in [2.24, 2.45) is 0 Å². The standard InChI is InChI=1S/C15H17N3S/c1-3-6-10(2)18-14-11-7-4-5-8-12(11)16-9-13(14)17-15(18)19/h4-5,7-10H,3,6H2,1-2H3,(H,17,19). The SMILES string of the molecule is CCCC(C)n1c(=S)[nH]c2cnc3ccccc3c21. The van der Waals surface area contributed by atoms with Crippen molar-refractivity contribution >= 4 is 34.2 Å². The molecule has 1 unspecified atom stereocenters. The molecule has 0 spiro atoms. The second-order valence-corrected chi connectivity index (χ2v) is 5.36. The predicted octanol–water partition coefficient (Wildman–Crippen LogP) is 4.61. The second-order valence-electron chi connectivity index (χ2n) is 4.98. The molecule has 0 aliphatic rings. The molecule has 98 valence electrons. The number of hydrogen-bond acceptors (Lipinski definition) is 2. The van der Waals surface area contributed by atoms with Crippen LogP contribution in [-0.2, 0) is 0 Å². The first-order valence-corrected chi connectivity index (χ1v) is 7.11. The number of rotatable bonds is 3. The van der Waals surface area contributed by atoms with Crippen molar-refractivity contribution in [1.29, 1.82) is 0 Å². The number of imidazole rings is 1. The van der Waals surface area contributed by atoms with Gasteiger partial charge in [0.2, 0.25) is 0 Å². The van der Waals surface area contributed by atoms with Gasteiger partial charge in [-0.1, -0.05) is 31.5 Å². The minimum Gasteiger partial charge on any atom is -0.329 e. The first-order valence-electron chi connectivity index (χ1n) is 6.70. The molecule has 0 saturated heterocycles. The van der Waals surface area contributed by atoms with Crippen molar-refractivity contribution in [1.82, 2.24) is 14.5 Å². The van der Waals surface area contributed by atoms with Crippen LogP contribution in [-0.4, -0.2) is 14.5 Å². The Morgan fingerprint density at radius 1 is 1.37 bits per heavy atom. The van der Waals surface area contributed by atoms with Gasteiger partial charge in [-0.05, 0) is 31.6 Å². The number of H-pyrrole nitrogens is 1. The molecular weight excluding hydrogens is 254 g/mol. The lowest BCUT2D eigenvalue weighted by atomic mass is 10.1. The summed E-state index contributed by atoms with van der Waals surface area (Å²) in [5.41, 5.74) is 3.21. The van der Waals surface area contributed by atoms with Crippen LogP contribution in [0.3, 0.4) is 0 Å². The molecule has 1 aromatic carbocycles. The van der Waals surface area contributed by atoms with E-state index in [1.807, 2.05) is 24.4 Å². The quantitative estimate of drug-likeness (QED) is 0.706. The van der Waals surface area contributed by atoms with Crippen LogP contribution >= 0.6 is 12.2 Å². The molecule has 4 heteroatoms. The molecule has 2 heterocycles. The Balaban J connectivity index is 2.40. The van der Waals surface area contributed by atoms with Crippen LogP contribution < -0.4 is 0 Å². The highest BCUT2D eigenvalue weighted by molar-refractivity contribution is 7.71. The monoisotopic (exact) mass is 271 g/mol. The number of pyridine rings is 1. The van der Waals surface area contributed by atoms with Gasteiger partial charge in [-0.3, -0.25) is 4.98 Å². The third kappa shape index (κ3) is 1.96. The van der Waals surface area contributed by atoms with Crippen LogP contribution in [0.15, 0.2) is 30.5 Å². The number of hydrogen-bond donors (Lipinski definition) is 1. The van der Waals surface area contributed by atoms with Gasteiger partial charge in [-0.2, -0.15) is 0 Å². The van der Waals surface area contributed by atoms with Gasteiger partial charge in [0.25, 0.3) is 0 Å². The van der Waals surface area contributed by atoms with Gasteiger partial charge >= 0.3 is 0 Å². The first-order chi connectivity index (χ1) is 9.22. The zero-order valence-electron chi connectivity index (χ0n) is 11.2. The highest BCUT2D eigenvalue weighted by Crippen LogP contribution is 2.27. The fourth-order valence-corrected chi connectivity index (χ4v) is 3.10. The Bertz CT molecular complexity index is 785. The molecule has 0 amide bonds. The first kappa shape index (κ1) is 12.4. The molecule has 0 aliphatic heterocycles. The minimum atomic E-state index is 0.400. The summed E-state index contributed by atoms with van der Waals surface area (Å²) in [6, 6.07) is 8.62. The van der Waals surface area contributed by atoms with E-state index in [2.05, 4.69) is 34.4 Å². The lowest BCUT2D eigenvalue weighted by Gasteiger charge is -2.14. The molecule has 19 heavy (non-hydrogen) atoms. The van der Waals surface area contributed by atoms with E-state index in [-0.39, 0.29) is 0 Å². The highest BCUT2D eigenvalue weighted by Gasteiger charge is 2.13. The summed E-state index contributed by atoms with van der Waals surface area (Å²) in [6.45, 7) is 4.43. The van der Waals surface area contributed by atoms with Crippen LogP contribution in [0.1, 0.15) is 32.7 Å². The average molecular weight is 271 g/mol. The summed E-state index contributed by atoms with van der Waals surface area (Å²) in [6.07, 6.45) is 4.15. The topological polar surface area (TPSA) is 33.6 Å². The summed E-state index contributed by atoms with van der Waals surface area (Å²) in [4.78, 5) is 7.75. The number of nitrogens with one attached hydrogen (secondary N) is 1.